The average Bonchev–Trinajstić information content (AvgIpc) is 3.09. The van der Waals surface area contributed by atoms with Gasteiger partial charge in [0.25, 0.3) is 5.91 Å². The fraction of sp³-hybridized carbons (Fsp3) is 0.158. The Hall–Kier alpha value is -2.99. The van der Waals surface area contributed by atoms with Gasteiger partial charge in [-0.15, -0.1) is 0 Å². The van der Waals surface area contributed by atoms with Crippen LogP contribution in [0.2, 0.25) is 5.02 Å². The lowest BCUT2D eigenvalue weighted by Crippen LogP contribution is -2.24. The first-order valence-corrected chi connectivity index (χ1v) is 8.30. The number of hydrogen-bond donors (Lipinski definition) is 1. The highest BCUT2D eigenvalue weighted by Crippen LogP contribution is 2.32. The molecule has 0 fully saturated rings. The highest BCUT2D eigenvalue weighted by atomic mass is 35.5. The lowest BCUT2D eigenvalue weighted by Gasteiger charge is -2.07. The molecule has 0 unspecified atom stereocenters. The number of benzene rings is 2. The molecule has 4 rings (SSSR count). The van der Waals surface area contributed by atoms with Crippen LogP contribution in [0, 0.1) is 6.92 Å². The van der Waals surface area contributed by atoms with Gasteiger partial charge in [0.15, 0.2) is 22.7 Å². The number of hydrogen-bond acceptors (Lipinski definition) is 5. The quantitative estimate of drug-likeness (QED) is 0.763. The molecular formula is C19H14ClNO5. The first-order chi connectivity index (χ1) is 12.5. The van der Waals surface area contributed by atoms with Gasteiger partial charge in [0.05, 0.1) is 5.39 Å². The summed E-state index contributed by atoms with van der Waals surface area (Å²) < 4.78 is 16.1. The molecule has 7 heteroatoms. The van der Waals surface area contributed by atoms with E-state index in [1.54, 1.807) is 31.2 Å². The molecule has 2 aromatic carbocycles. The minimum absolute atomic E-state index is 0.0510. The summed E-state index contributed by atoms with van der Waals surface area (Å²) in [5.74, 6) is 0.787. The van der Waals surface area contributed by atoms with Crippen molar-refractivity contribution in [1.29, 1.82) is 0 Å². The van der Waals surface area contributed by atoms with E-state index in [2.05, 4.69) is 5.32 Å². The summed E-state index contributed by atoms with van der Waals surface area (Å²) in [5, 5.41) is 3.55. The third-order valence-electron chi connectivity index (χ3n) is 4.12. The van der Waals surface area contributed by atoms with Crippen LogP contribution >= 0.6 is 11.6 Å². The van der Waals surface area contributed by atoms with E-state index < -0.39 is 5.91 Å². The Labute approximate surface area is 153 Å². The second kappa shape index (κ2) is 6.38. The molecule has 1 amide bonds. The summed E-state index contributed by atoms with van der Waals surface area (Å²) >= 11 is 6.04. The van der Waals surface area contributed by atoms with Gasteiger partial charge in [-0.25, -0.2) is 0 Å². The van der Waals surface area contributed by atoms with Crippen LogP contribution in [0.3, 0.4) is 0 Å². The summed E-state index contributed by atoms with van der Waals surface area (Å²) in [7, 11) is 0. The Morgan fingerprint density at radius 1 is 1.15 bits per heavy atom. The van der Waals surface area contributed by atoms with Crippen molar-refractivity contribution in [3.63, 3.8) is 0 Å². The Morgan fingerprint density at radius 2 is 1.96 bits per heavy atom. The molecule has 26 heavy (non-hydrogen) atoms. The van der Waals surface area contributed by atoms with Gasteiger partial charge >= 0.3 is 0 Å². The molecule has 2 heterocycles. The van der Waals surface area contributed by atoms with Crippen molar-refractivity contribution >= 4 is 28.5 Å². The topological polar surface area (TPSA) is 77.8 Å². The number of fused-ring (bicyclic) bond motifs is 2. The molecule has 0 bridgehead atoms. The third kappa shape index (κ3) is 2.99. The number of amides is 1. The van der Waals surface area contributed by atoms with E-state index in [9.17, 15) is 9.59 Å². The minimum Gasteiger partial charge on any atom is -0.454 e. The first kappa shape index (κ1) is 16.5. The molecule has 0 atom stereocenters. The first-order valence-electron chi connectivity index (χ1n) is 7.92. The van der Waals surface area contributed by atoms with E-state index in [-0.39, 0.29) is 24.5 Å². The van der Waals surface area contributed by atoms with Crippen LogP contribution in [-0.4, -0.2) is 12.7 Å². The maximum atomic E-state index is 12.4. The highest BCUT2D eigenvalue weighted by Gasteiger charge is 2.16. The van der Waals surface area contributed by atoms with Gasteiger partial charge in [-0.1, -0.05) is 17.7 Å². The fourth-order valence-corrected chi connectivity index (χ4v) is 2.87. The van der Waals surface area contributed by atoms with Gasteiger partial charge < -0.3 is 19.2 Å². The van der Waals surface area contributed by atoms with Gasteiger partial charge in [0.2, 0.25) is 6.79 Å². The monoisotopic (exact) mass is 371 g/mol. The van der Waals surface area contributed by atoms with Crippen molar-refractivity contribution < 1.29 is 18.7 Å². The van der Waals surface area contributed by atoms with Crippen molar-refractivity contribution in [2.24, 2.45) is 0 Å². The van der Waals surface area contributed by atoms with Crippen LogP contribution in [0.1, 0.15) is 21.7 Å². The molecule has 3 aromatic rings. The van der Waals surface area contributed by atoms with Gasteiger partial charge in [-0.05, 0) is 42.3 Å². The summed E-state index contributed by atoms with van der Waals surface area (Å²) in [6.45, 7) is 2.25. The molecule has 132 valence electrons. The van der Waals surface area contributed by atoms with E-state index in [0.717, 1.165) is 11.1 Å². The van der Waals surface area contributed by atoms with Crippen LogP contribution in [0.5, 0.6) is 11.5 Å². The van der Waals surface area contributed by atoms with E-state index >= 15 is 0 Å². The van der Waals surface area contributed by atoms with Gasteiger partial charge in [-0.3, -0.25) is 9.59 Å². The lowest BCUT2D eigenvalue weighted by molar-refractivity contribution is 0.0923. The lowest BCUT2D eigenvalue weighted by atomic mass is 10.1. The Balaban J connectivity index is 1.56. The molecule has 1 aromatic heterocycles. The maximum Gasteiger partial charge on any atom is 0.287 e. The van der Waals surface area contributed by atoms with Gasteiger partial charge in [0, 0.05) is 17.6 Å². The molecule has 6 nitrogen and oxygen atoms in total. The summed E-state index contributed by atoms with van der Waals surface area (Å²) in [6.07, 6.45) is 0. The summed E-state index contributed by atoms with van der Waals surface area (Å²) in [5.41, 5.74) is 1.61. The van der Waals surface area contributed by atoms with Crippen LogP contribution in [0.4, 0.5) is 0 Å². The number of ether oxygens (including phenoxy) is 2. The Kier molecular flexibility index (Phi) is 4.05. The van der Waals surface area contributed by atoms with Crippen molar-refractivity contribution in [3.05, 3.63) is 68.5 Å². The Morgan fingerprint density at radius 3 is 2.81 bits per heavy atom. The minimum atomic E-state index is -0.478. The molecule has 1 N–H and O–H groups in total. The fourth-order valence-electron chi connectivity index (χ4n) is 2.71. The van der Waals surface area contributed by atoms with Gasteiger partial charge in [-0.2, -0.15) is 0 Å². The number of aryl methyl sites for hydroxylation is 1. The number of rotatable bonds is 3. The number of carbonyl (C=O) groups excluding carboxylic acids is 1. The van der Waals surface area contributed by atoms with Crippen molar-refractivity contribution in [3.8, 4) is 11.5 Å². The molecule has 0 saturated carbocycles. The third-order valence-corrected chi connectivity index (χ3v) is 4.53. The van der Waals surface area contributed by atoms with Crippen LogP contribution in [-0.2, 0) is 6.54 Å². The second-order valence-electron chi connectivity index (χ2n) is 5.94. The number of carbonyl (C=O) groups is 1. The van der Waals surface area contributed by atoms with Crippen LogP contribution < -0.4 is 20.2 Å². The standard InChI is InChI=1S/C19H14ClNO5/c1-10-4-16-12(6-13(10)20)14(22)7-18(26-16)19(23)21-8-11-2-3-15-17(5-11)25-9-24-15/h2-7H,8-9H2,1H3,(H,21,23). The van der Waals surface area contributed by atoms with Gasteiger partial charge in [0.1, 0.15) is 5.58 Å². The average molecular weight is 372 g/mol. The number of nitrogens with one attached hydrogen (secondary N) is 1. The maximum absolute atomic E-state index is 12.4. The summed E-state index contributed by atoms with van der Waals surface area (Å²) in [4.78, 5) is 24.6. The van der Waals surface area contributed by atoms with E-state index in [1.165, 1.54) is 6.07 Å². The molecule has 0 aliphatic carbocycles. The zero-order valence-electron chi connectivity index (χ0n) is 13.8. The second-order valence-corrected chi connectivity index (χ2v) is 6.35. The molecule has 0 saturated heterocycles. The SMILES string of the molecule is Cc1cc2oc(C(=O)NCc3ccc4c(c3)OCO4)cc(=O)c2cc1Cl. The zero-order chi connectivity index (χ0) is 18.3. The summed E-state index contributed by atoms with van der Waals surface area (Å²) in [6, 6.07) is 9.77. The van der Waals surface area contributed by atoms with Crippen molar-refractivity contribution in [1.82, 2.24) is 5.32 Å². The molecule has 0 spiro atoms. The van der Waals surface area contributed by atoms with Crippen molar-refractivity contribution in [2.45, 2.75) is 13.5 Å². The molecule has 0 radical (unpaired) electrons. The molecular weight excluding hydrogens is 358 g/mol. The van der Waals surface area contributed by atoms with E-state index in [4.69, 9.17) is 25.5 Å². The zero-order valence-corrected chi connectivity index (χ0v) is 14.6. The smallest absolute Gasteiger partial charge is 0.287 e. The molecule has 1 aliphatic heterocycles. The normalized spacial score (nSPS) is 12.4. The number of halogens is 1. The predicted molar refractivity (Wildman–Crippen MR) is 96.0 cm³/mol. The predicted octanol–water partition coefficient (Wildman–Crippen LogP) is 3.41. The van der Waals surface area contributed by atoms with Crippen LogP contribution in [0.15, 0.2) is 45.6 Å². The van der Waals surface area contributed by atoms with Crippen molar-refractivity contribution in [2.75, 3.05) is 6.79 Å². The Bertz CT molecular complexity index is 1090. The van der Waals surface area contributed by atoms with Crippen LogP contribution in [0.25, 0.3) is 11.0 Å². The van der Waals surface area contributed by atoms with E-state index in [1.807, 2.05) is 6.07 Å². The van der Waals surface area contributed by atoms with E-state index in [0.29, 0.717) is 27.5 Å². The largest absolute Gasteiger partial charge is 0.454 e. The molecule has 1 aliphatic rings. The highest BCUT2D eigenvalue weighted by molar-refractivity contribution is 6.32.